The van der Waals surface area contributed by atoms with Gasteiger partial charge in [0.1, 0.15) is 0 Å². The molecule has 5 nitrogen and oxygen atoms in total. The summed E-state index contributed by atoms with van der Waals surface area (Å²) in [5, 5.41) is 0. The molecule has 1 fully saturated rings. The number of nitrogens with zero attached hydrogens (tertiary/aromatic N) is 1. The van der Waals surface area contributed by atoms with E-state index in [9.17, 15) is 13.2 Å². The minimum atomic E-state index is -3.64. The maximum atomic E-state index is 13.0. The Kier molecular flexibility index (Phi) is 4.51. The number of aryl methyl sites for hydroxylation is 2. The molecule has 0 aromatic heterocycles. The van der Waals surface area contributed by atoms with E-state index in [4.69, 9.17) is 0 Å². The number of amides is 1. The lowest BCUT2D eigenvalue weighted by Gasteiger charge is -2.18. The smallest absolute Gasteiger partial charge is 0.241 e. The molecule has 1 N–H and O–H groups in total. The number of benzene rings is 2. The average Bonchev–Trinajstić information content (AvgIpc) is 3.30. The molecule has 2 aromatic rings. The Morgan fingerprint density at radius 3 is 2.62 bits per heavy atom. The van der Waals surface area contributed by atoms with Gasteiger partial charge < -0.3 is 4.90 Å². The van der Waals surface area contributed by atoms with Crippen molar-refractivity contribution in [2.45, 2.75) is 56.4 Å². The van der Waals surface area contributed by atoms with Crippen molar-refractivity contribution in [3.63, 3.8) is 0 Å². The van der Waals surface area contributed by atoms with Crippen molar-refractivity contribution in [3.8, 4) is 0 Å². The van der Waals surface area contributed by atoms with E-state index in [2.05, 4.69) is 16.9 Å². The molecule has 0 bridgehead atoms. The van der Waals surface area contributed by atoms with E-state index >= 15 is 0 Å². The molecule has 3 aliphatic rings. The molecule has 1 heterocycles. The Hall–Kier alpha value is -2.18. The monoisotopic (exact) mass is 410 g/mol. The van der Waals surface area contributed by atoms with Gasteiger partial charge in [0.2, 0.25) is 15.9 Å². The molecule has 29 heavy (non-hydrogen) atoms. The molecule has 1 unspecified atom stereocenters. The van der Waals surface area contributed by atoms with Gasteiger partial charge in [0.25, 0.3) is 0 Å². The predicted octanol–water partition coefficient (Wildman–Crippen LogP) is 3.51. The molecule has 152 valence electrons. The zero-order valence-corrected chi connectivity index (χ0v) is 17.5. The number of sulfonamides is 1. The number of carbonyl (C=O) groups excluding carboxylic acids is 1. The van der Waals surface area contributed by atoms with Gasteiger partial charge in [0, 0.05) is 24.2 Å². The van der Waals surface area contributed by atoms with E-state index in [-0.39, 0.29) is 22.8 Å². The summed E-state index contributed by atoms with van der Waals surface area (Å²) in [6.07, 6.45) is 6.02. The van der Waals surface area contributed by atoms with Gasteiger partial charge in [-0.25, -0.2) is 13.1 Å². The molecule has 5 rings (SSSR count). The summed E-state index contributed by atoms with van der Waals surface area (Å²) in [7, 11) is -3.64. The van der Waals surface area contributed by atoms with Gasteiger partial charge in [-0.3, -0.25) is 4.79 Å². The van der Waals surface area contributed by atoms with Gasteiger partial charge in [-0.05, 0) is 85.9 Å². The van der Waals surface area contributed by atoms with Crippen LogP contribution in [0.15, 0.2) is 41.3 Å². The van der Waals surface area contributed by atoms with Crippen molar-refractivity contribution in [1.29, 1.82) is 0 Å². The van der Waals surface area contributed by atoms with E-state index < -0.39 is 10.0 Å². The third-order valence-electron chi connectivity index (χ3n) is 6.40. The SMILES string of the molecule is CC(NS(=O)(=O)c1ccc2c(c1)CCN2C(=O)C1CC1)c1ccc2c(c1)CCC2. The first-order chi connectivity index (χ1) is 13.9. The highest BCUT2D eigenvalue weighted by Gasteiger charge is 2.36. The van der Waals surface area contributed by atoms with Crippen LogP contribution in [0, 0.1) is 5.92 Å². The number of nitrogens with one attached hydrogen (secondary N) is 1. The molecule has 6 heteroatoms. The minimum absolute atomic E-state index is 0.166. The van der Waals surface area contributed by atoms with Crippen LogP contribution in [-0.2, 0) is 34.1 Å². The molecule has 2 aromatic carbocycles. The molecule has 1 amide bonds. The Balaban J connectivity index is 1.35. The van der Waals surface area contributed by atoms with Gasteiger partial charge in [0.15, 0.2) is 0 Å². The first kappa shape index (κ1) is 18.8. The van der Waals surface area contributed by atoms with E-state index in [0.29, 0.717) is 13.0 Å². The summed E-state index contributed by atoms with van der Waals surface area (Å²) in [4.78, 5) is 14.5. The highest BCUT2D eigenvalue weighted by atomic mass is 32.2. The highest BCUT2D eigenvalue weighted by Crippen LogP contribution is 2.37. The van der Waals surface area contributed by atoms with Gasteiger partial charge in [-0.2, -0.15) is 0 Å². The molecule has 0 radical (unpaired) electrons. The van der Waals surface area contributed by atoms with Crippen LogP contribution in [0.1, 0.15) is 54.5 Å². The second-order valence-electron chi connectivity index (χ2n) is 8.53. The van der Waals surface area contributed by atoms with Gasteiger partial charge in [-0.1, -0.05) is 18.2 Å². The fourth-order valence-electron chi connectivity index (χ4n) is 4.55. The molecule has 1 aliphatic heterocycles. The van der Waals surface area contributed by atoms with Crippen molar-refractivity contribution in [2.24, 2.45) is 5.92 Å². The van der Waals surface area contributed by atoms with E-state index in [0.717, 1.165) is 42.5 Å². The molecule has 1 saturated carbocycles. The summed E-state index contributed by atoms with van der Waals surface area (Å²) < 4.78 is 28.8. The summed E-state index contributed by atoms with van der Waals surface area (Å²) >= 11 is 0. The molecule has 1 atom stereocenters. The zero-order chi connectivity index (χ0) is 20.2. The number of hydrogen-bond acceptors (Lipinski definition) is 3. The predicted molar refractivity (Wildman–Crippen MR) is 112 cm³/mol. The van der Waals surface area contributed by atoms with Crippen LogP contribution in [-0.4, -0.2) is 20.9 Å². The number of rotatable bonds is 5. The Morgan fingerprint density at radius 1 is 1.03 bits per heavy atom. The Labute approximate surface area is 172 Å². The van der Waals surface area contributed by atoms with Crippen LogP contribution in [0.2, 0.25) is 0 Å². The van der Waals surface area contributed by atoms with E-state index in [1.54, 1.807) is 18.2 Å². The quantitative estimate of drug-likeness (QED) is 0.820. The van der Waals surface area contributed by atoms with E-state index in [1.807, 2.05) is 17.9 Å². The van der Waals surface area contributed by atoms with Crippen LogP contribution in [0.3, 0.4) is 0 Å². The summed E-state index contributed by atoms with van der Waals surface area (Å²) in [5.74, 6) is 0.349. The van der Waals surface area contributed by atoms with Crippen LogP contribution >= 0.6 is 0 Å². The molecule has 2 aliphatic carbocycles. The maximum absolute atomic E-state index is 13.0. The molecule has 0 saturated heterocycles. The summed E-state index contributed by atoms with van der Waals surface area (Å²) in [6, 6.07) is 11.1. The minimum Gasteiger partial charge on any atom is -0.312 e. The molecular weight excluding hydrogens is 384 g/mol. The Morgan fingerprint density at radius 2 is 1.83 bits per heavy atom. The van der Waals surface area contributed by atoms with Crippen molar-refractivity contribution in [1.82, 2.24) is 4.72 Å². The van der Waals surface area contributed by atoms with Crippen molar-refractivity contribution >= 4 is 21.6 Å². The van der Waals surface area contributed by atoms with E-state index in [1.165, 1.54) is 17.5 Å². The second-order valence-corrected chi connectivity index (χ2v) is 10.2. The third kappa shape index (κ3) is 3.49. The molecular formula is C23H26N2O3S. The van der Waals surface area contributed by atoms with Gasteiger partial charge in [-0.15, -0.1) is 0 Å². The lowest BCUT2D eigenvalue weighted by molar-refractivity contribution is -0.119. The van der Waals surface area contributed by atoms with Crippen LogP contribution < -0.4 is 9.62 Å². The number of hydrogen-bond donors (Lipinski definition) is 1. The fraction of sp³-hybridized carbons (Fsp3) is 0.435. The standard InChI is InChI=1S/C23H26N2O3S/c1-15(18-8-5-16-3-2-4-19(16)13-18)24-29(27,28)21-9-10-22-20(14-21)11-12-25(22)23(26)17-6-7-17/h5,8-10,13-15,17,24H,2-4,6-7,11-12H2,1H3. The first-order valence-corrected chi connectivity index (χ1v) is 12.0. The van der Waals surface area contributed by atoms with Crippen molar-refractivity contribution in [3.05, 3.63) is 58.7 Å². The zero-order valence-electron chi connectivity index (χ0n) is 16.6. The van der Waals surface area contributed by atoms with Crippen molar-refractivity contribution < 1.29 is 13.2 Å². The largest absolute Gasteiger partial charge is 0.312 e. The van der Waals surface area contributed by atoms with Crippen LogP contribution in [0.4, 0.5) is 5.69 Å². The number of anilines is 1. The average molecular weight is 411 g/mol. The number of fused-ring (bicyclic) bond motifs is 2. The van der Waals surface area contributed by atoms with Crippen molar-refractivity contribution in [2.75, 3.05) is 11.4 Å². The Bertz CT molecular complexity index is 1090. The van der Waals surface area contributed by atoms with Gasteiger partial charge in [0.05, 0.1) is 4.90 Å². The maximum Gasteiger partial charge on any atom is 0.241 e. The van der Waals surface area contributed by atoms with Crippen LogP contribution in [0.5, 0.6) is 0 Å². The molecule has 0 spiro atoms. The lowest BCUT2D eigenvalue weighted by atomic mass is 10.0. The first-order valence-electron chi connectivity index (χ1n) is 10.5. The number of carbonyl (C=O) groups is 1. The van der Waals surface area contributed by atoms with Crippen LogP contribution in [0.25, 0.3) is 0 Å². The van der Waals surface area contributed by atoms with Gasteiger partial charge >= 0.3 is 0 Å². The normalized spacial score (nSPS) is 19.1. The fourth-order valence-corrected chi connectivity index (χ4v) is 5.84. The third-order valence-corrected chi connectivity index (χ3v) is 7.94. The summed E-state index contributed by atoms with van der Waals surface area (Å²) in [5.41, 5.74) is 5.52. The topological polar surface area (TPSA) is 66.5 Å². The highest BCUT2D eigenvalue weighted by molar-refractivity contribution is 7.89. The summed E-state index contributed by atoms with van der Waals surface area (Å²) in [6.45, 7) is 2.53. The lowest BCUT2D eigenvalue weighted by Crippen LogP contribution is -2.30. The second kappa shape index (κ2) is 6.96.